The van der Waals surface area contributed by atoms with E-state index in [0.717, 1.165) is 16.3 Å². The molecule has 3 nitrogen and oxygen atoms in total. The molecule has 3 aromatic rings. The molecular weight excluding hydrogens is 357 g/mol. The first-order valence-electron chi connectivity index (χ1n) is 7.57. The SMILES string of the molecule is O=C1OC(c2ccc(Cl)cc2Cl)=NC1=Cc1cccc2ccccc12. The van der Waals surface area contributed by atoms with Gasteiger partial charge in [0.05, 0.1) is 10.6 Å². The van der Waals surface area contributed by atoms with Crippen molar-refractivity contribution in [3.05, 3.63) is 87.5 Å². The predicted octanol–water partition coefficient (Wildman–Crippen LogP) is 5.49. The number of ether oxygens (including phenoxy) is 1. The van der Waals surface area contributed by atoms with Gasteiger partial charge in [-0.2, -0.15) is 0 Å². The van der Waals surface area contributed by atoms with Crippen LogP contribution in [0.2, 0.25) is 10.0 Å². The first-order chi connectivity index (χ1) is 12.1. The summed E-state index contributed by atoms with van der Waals surface area (Å²) in [5, 5.41) is 3.02. The number of halogens is 2. The van der Waals surface area contributed by atoms with E-state index in [0.29, 0.717) is 15.6 Å². The number of hydrogen-bond acceptors (Lipinski definition) is 3. The van der Waals surface area contributed by atoms with Gasteiger partial charge in [0.2, 0.25) is 5.90 Å². The molecule has 0 unspecified atom stereocenters. The lowest BCUT2D eigenvalue weighted by Crippen LogP contribution is -2.05. The average molecular weight is 368 g/mol. The molecule has 0 spiro atoms. The summed E-state index contributed by atoms with van der Waals surface area (Å²) in [5.74, 6) is -0.327. The van der Waals surface area contributed by atoms with Crippen LogP contribution in [0.1, 0.15) is 11.1 Å². The molecule has 1 aliphatic rings. The number of nitrogens with zero attached hydrogens (tertiary/aromatic N) is 1. The van der Waals surface area contributed by atoms with Gasteiger partial charge in [-0.05, 0) is 40.6 Å². The molecule has 1 aliphatic heterocycles. The van der Waals surface area contributed by atoms with Gasteiger partial charge in [0.1, 0.15) is 0 Å². The largest absolute Gasteiger partial charge is 0.402 e. The van der Waals surface area contributed by atoms with Gasteiger partial charge >= 0.3 is 5.97 Å². The number of benzene rings is 3. The van der Waals surface area contributed by atoms with Crippen LogP contribution in [0.25, 0.3) is 16.8 Å². The number of carbonyl (C=O) groups excluding carboxylic acids is 1. The number of rotatable bonds is 2. The van der Waals surface area contributed by atoms with Crippen LogP contribution in [-0.2, 0) is 9.53 Å². The zero-order valence-corrected chi connectivity index (χ0v) is 14.4. The lowest BCUT2D eigenvalue weighted by Gasteiger charge is -2.02. The third-order valence-electron chi connectivity index (χ3n) is 3.90. The molecular formula is C20H11Cl2NO2. The minimum atomic E-state index is -0.506. The second kappa shape index (κ2) is 6.36. The molecule has 0 N–H and O–H groups in total. The van der Waals surface area contributed by atoms with Crippen LogP contribution >= 0.6 is 23.2 Å². The second-order valence-corrected chi connectivity index (χ2v) is 6.37. The average Bonchev–Trinajstić information content (AvgIpc) is 2.95. The highest BCUT2D eigenvalue weighted by atomic mass is 35.5. The number of esters is 1. The summed E-state index contributed by atoms with van der Waals surface area (Å²) in [4.78, 5) is 16.5. The molecule has 0 saturated carbocycles. The van der Waals surface area contributed by atoms with Crippen LogP contribution in [0.4, 0.5) is 0 Å². The Morgan fingerprint density at radius 1 is 0.960 bits per heavy atom. The van der Waals surface area contributed by atoms with E-state index >= 15 is 0 Å². The Kier molecular flexibility index (Phi) is 4.04. The molecule has 0 aliphatic carbocycles. The van der Waals surface area contributed by atoms with Crippen molar-refractivity contribution in [3.8, 4) is 0 Å². The Bertz CT molecular complexity index is 1060. The summed E-state index contributed by atoms with van der Waals surface area (Å²) in [7, 11) is 0. The third-order valence-corrected chi connectivity index (χ3v) is 4.45. The number of fused-ring (bicyclic) bond motifs is 1. The van der Waals surface area contributed by atoms with Crippen molar-refractivity contribution in [2.45, 2.75) is 0 Å². The Hall–Kier alpha value is -2.62. The highest BCUT2D eigenvalue weighted by Crippen LogP contribution is 2.27. The number of cyclic esters (lactones) is 1. The van der Waals surface area contributed by atoms with E-state index in [1.807, 2.05) is 42.5 Å². The van der Waals surface area contributed by atoms with E-state index in [1.54, 1.807) is 24.3 Å². The first kappa shape index (κ1) is 15.9. The molecule has 3 aromatic carbocycles. The maximum absolute atomic E-state index is 12.2. The van der Waals surface area contributed by atoms with E-state index < -0.39 is 5.97 Å². The summed E-state index contributed by atoms with van der Waals surface area (Å²) < 4.78 is 5.28. The van der Waals surface area contributed by atoms with Crippen LogP contribution in [0.5, 0.6) is 0 Å². The zero-order chi connectivity index (χ0) is 17.4. The molecule has 122 valence electrons. The van der Waals surface area contributed by atoms with Gasteiger partial charge in [0.25, 0.3) is 0 Å². The minimum Gasteiger partial charge on any atom is -0.402 e. The lowest BCUT2D eigenvalue weighted by atomic mass is 10.0. The van der Waals surface area contributed by atoms with Crippen LogP contribution in [0.15, 0.2) is 71.4 Å². The van der Waals surface area contributed by atoms with E-state index in [2.05, 4.69) is 4.99 Å². The van der Waals surface area contributed by atoms with Gasteiger partial charge < -0.3 is 4.74 Å². The van der Waals surface area contributed by atoms with Gasteiger partial charge in [-0.3, -0.25) is 0 Å². The minimum absolute atomic E-state index is 0.179. The van der Waals surface area contributed by atoms with Crippen molar-refractivity contribution in [2.24, 2.45) is 4.99 Å². The van der Waals surface area contributed by atoms with Gasteiger partial charge in [-0.25, -0.2) is 9.79 Å². The van der Waals surface area contributed by atoms with Gasteiger partial charge in [0.15, 0.2) is 5.70 Å². The van der Waals surface area contributed by atoms with Crippen molar-refractivity contribution in [3.63, 3.8) is 0 Å². The summed E-state index contributed by atoms with van der Waals surface area (Å²) >= 11 is 12.1. The summed E-state index contributed by atoms with van der Waals surface area (Å²) in [6.07, 6.45) is 1.72. The summed E-state index contributed by atoms with van der Waals surface area (Å²) in [6.45, 7) is 0. The number of carbonyl (C=O) groups is 1. The third kappa shape index (κ3) is 3.04. The van der Waals surface area contributed by atoms with Gasteiger partial charge in [-0.1, -0.05) is 65.7 Å². The van der Waals surface area contributed by atoms with Crippen LogP contribution in [0, 0.1) is 0 Å². The standard InChI is InChI=1S/C20H11Cl2NO2/c21-14-8-9-16(17(22)11-14)19-23-18(20(24)25-19)10-13-6-3-5-12-4-1-2-7-15(12)13/h1-11H. The second-order valence-electron chi connectivity index (χ2n) is 5.53. The van der Waals surface area contributed by atoms with Crippen LogP contribution < -0.4 is 0 Å². The first-order valence-corrected chi connectivity index (χ1v) is 8.33. The maximum Gasteiger partial charge on any atom is 0.363 e. The normalized spacial score (nSPS) is 15.5. The van der Waals surface area contributed by atoms with E-state index in [-0.39, 0.29) is 11.6 Å². The maximum atomic E-state index is 12.2. The highest BCUT2D eigenvalue weighted by molar-refractivity contribution is 6.37. The Morgan fingerprint density at radius 2 is 1.76 bits per heavy atom. The van der Waals surface area contributed by atoms with E-state index in [4.69, 9.17) is 27.9 Å². The molecule has 0 saturated heterocycles. The molecule has 0 atom stereocenters. The molecule has 0 fully saturated rings. The monoisotopic (exact) mass is 367 g/mol. The molecule has 5 heteroatoms. The molecule has 0 bridgehead atoms. The molecule has 25 heavy (non-hydrogen) atoms. The highest BCUT2D eigenvalue weighted by Gasteiger charge is 2.25. The van der Waals surface area contributed by atoms with Crippen molar-refractivity contribution in [2.75, 3.05) is 0 Å². The fourth-order valence-electron chi connectivity index (χ4n) is 2.71. The van der Waals surface area contributed by atoms with Crippen molar-refractivity contribution in [1.29, 1.82) is 0 Å². The van der Waals surface area contributed by atoms with Crippen LogP contribution in [-0.4, -0.2) is 11.9 Å². The van der Waals surface area contributed by atoms with Crippen molar-refractivity contribution in [1.82, 2.24) is 0 Å². The van der Waals surface area contributed by atoms with Crippen molar-refractivity contribution < 1.29 is 9.53 Å². The summed E-state index contributed by atoms with van der Waals surface area (Å²) in [5.41, 5.74) is 1.66. The topological polar surface area (TPSA) is 38.7 Å². The fourth-order valence-corrected chi connectivity index (χ4v) is 3.20. The van der Waals surface area contributed by atoms with E-state index in [1.165, 1.54) is 0 Å². The zero-order valence-electron chi connectivity index (χ0n) is 12.9. The lowest BCUT2D eigenvalue weighted by molar-refractivity contribution is -0.129. The Morgan fingerprint density at radius 3 is 2.60 bits per heavy atom. The molecule has 0 amide bonds. The predicted molar refractivity (Wildman–Crippen MR) is 101 cm³/mol. The Labute approximate surface area is 154 Å². The van der Waals surface area contributed by atoms with Crippen molar-refractivity contribution >= 4 is 51.9 Å². The Balaban J connectivity index is 1.78. The molecule has 0 aromatic heterocycles. The van der Waals surface area contributed by atoms with Gasteiger partial charge in [-0.15, -0.1) is 0 Å². The molecule has 0 radical (unpaired) electrons. The smallest absolute Gasteiger partial charge is 0.363 e. The van der Waals surface area contributed by atoms with Crippen LogP contribution in [0.3, 0.4) is 0 Å². The van der Waals surface area contributed by atoms with E-state index in [9.17, 15) is 4.79 Å². The quantitative estimate of drug-likeness (QED) is 0.443. The molecule has 4 rings (SSSR count). The number of aliphatic imine (C=N–C) groups is 1. The molecule has 1 heterocycles. The summed E-state index contributed by atoms with van der Waals surface area (Å²) in [6, 6.07) is 18.8. The fraction of sp³-hybridized carbons (Fsp3) is 0. The van der Waals surface area contributed by atoms with Gasteiger partial charge in [0, 0.05) is 5.02 Å². The number of hydrogen-bond donors (Lipinski definition) is 0.